The number of amides is 1. The highest BCUT2D eigenvalue weighted by Crippen LogP contribution is 2.35. The standard InChI is InChI=1S/C15H19NO4S/c1-9(10-3-5-11(6-4-10)21(2)20)16-14(17)12-7-8-13(12)15(18)19/h3-6,9,12-13H,7-8H2,1-2H3,(H,16,17)(H,18,19). The molecule has 1 aliphatic rings. The number of carbonyl (C=O) groups excluding carboxylic acids is 1. The minimum absolute atomic E-state index is 0.202. The Labute approximate surface area is 126 Å². The lowest BCUT2D eigenvalue weighted by Crippen LogP contribution is -2.44. The third-order valence-corrected chi connectivity index (χ3v) is 4.94. The number of nitrogens with one attached hydrogen (secondary N) is 1. The Balaban J connectivity index is 1.97. The predicted molar refractivity (Wildman–Crippen MR) is 79.2 cm³/mol. The molecule has 0 spiro atoms. The van der Waals surface area contributed by atoms with Gasteiger partial charge in [0.1, 0.15) is 0 Å². The van der Waals surface area contributed by atoms with Crippen molar-refractivity contribution < 1.29 is 18.9 Å². The predicted octanol–water partition coefficient (Wildman–Crippen LogP) is 1.71. The van der Waals surface area contributed by atoms with E-state index in [4.69, 9.17) is 5.11 Å². The van der Waals surface area contributed by atoms with Crippen molar-refractivity contribution in [3.63, 3.8) is 0 Å². The average molecular weight is 309 g/mol. The highest BCUT2D eigenvalue weighted by Gasteiger charge is 2.41. The van der Waals surface area contributed by atoms with Gasteiger partial charge in [-0.2, -0.15) is 0 Å². The number of carboxylic acid groups (broad SMARTS) is 1. The fourth-order valence-corrected chi connectivity index (χ4v) is 2.98. The van der Waals surface area contributed by atoms with E-state index in [0.717, 1.165) is 10.5 Å². The number of carbonyl (C=O) groups is 2. The fourth-order valence-electron chi connectivity index (χ4n) is 2.46. The molecule has 1 amide bonds. The molecule has 2 rings (SSSR count). The van der Waals surface area contributed by atoms with Gasteiger partial charge in [-0.25, -0.2) is 0 Å². The van der Waals surface area contributed by atoms with Crippen molar-refractivity contribution in [3.8, 4) is 0 Å². The summed E-state index contributed by atoms with van der Waals surface area (Å²) in [5.74, 6) is -2.08. The molecule has 5 nitrogen and oxygen atoms in total. The molecule has 0 radical (unpaired) electrons. The molecule has 0 aliphatic heterocycles. The van der Waals surface area contributed by atoms with E-state index in [2.05, 4.69) is 5.32 Å². The lowest BCUT2D eigenvalue weighted by atomic mass is 9.73. The Morgan fingerprint density at radius 2 is 1.81 bits per heavy atom. The molecule has 1 aliphatic carbocycles. The summed E-state index contributed by atoms with van der Waals surface area (Å²) >= 11 is 0. The molecule has 6 heteroatoms. The SMILES string of the molecule is CC(NC(=O)C1CCC1C(=O)O)c1ccc(S(C)=O)cc1. The Bertz CT molecular complexity index is 570. The van der Waals surface area contributed by atoms with E-state index in [1.807, 2.05) is 19.1 Å². The summed E-state index contributed by atoms with van der Waals surface area (Å²) in [6.45, 7) is 1.85. The van der Waals surface area contributed by atoms with E-state index < -0.39 is 28.6 Å². The Hall–Kier alpha value is -1.69. The zero-order valence-corrected chi connectivity index (χ0v) is 12.9. The van der Waals surface area contributed by atoms with Gasteiger partial charge in [-0.05, 0) is 37.5 Å². The van der Waals surface area contributed by atoms with Crippen molar-refractivity contribution >= 4 is 22.7 Å². The summed E-state index contributed by atoms with van der Waals surface area (Å²) in [4.78, 5) is 23.8. The number of carboxylic acids is 1. The second kappa shape index (κ2) is 6.39. The molecule has 4 unspecified atom stereocenters. The first-order valence-electron chi connectivity index (χ1n) is 6.86. The first-order valence-corrected chi connectivity index (χ1v) is 8.42. The topological polar surface area (TPSA) is 83.5 Å². The number of rotatable bonds is 5. The largest absolute Gasteiger partial charge is 0.481 e. The summed E-state index contributed by atoms with van der Waals surface area (Å²) in [5.41, 5.74) is 0.906. The zero-order valence-electron chi connectivity index (χ0n) is 12.0. The first kappa shape index (κ1) is 15.7. The van der Waals surface area contributed by atoms with E-state index in [1.165, 1.54) is 0 Å². The van der Waals surface area contributed by atoms with E-state index >= 15 is 0 Å². The van der Waals surface area contributed by atoms with E-state index in [-0.39, 0.29) is 11.9 Å². The third kappa shape index (κ3) is 3.50. The molecule has 1 fully saturated rings. The second-order valence-electron chi connectivity index (χ2n) is 5.38. The van der Waals surface area contributed by atoms with Crippen LogP contribution in [0.3, 0.4) is 0 Å². The highest BCUT2D eigenvalue weighted by atomic mass is 32.2. The van der Waals surface area contributed by atoms with Gasteiger partial charge < -0.3 is 10.4 Å². The van der Waals surface area contributed by atoms with Gasteiger partial charge in [-0.15, -0.1) is 0 Å². The molecule has 0 bridgehead atoms. The molecule has 1 saturated carbocycles. The van der Waals surface area contributed by atoms with Crippen molar-refractivity contribution in [3.05, 3.63) is 29.8 Å². The van der Waals surface area contributed by atoms with Gasteiger partial charge in [-0.3, -0.25) is 13.8 Å². The van der Waals surface area contributed by atoms with Crippen LogP contribution in [0.1, 0.15) is 31.4 Å². The second-order valence-corrected chi connectivity index (χ2v) is 6.76. The molecule has 114 valence electrons. The fraction of sp³-hybridized carbons (Fsp3) is 0.467. The van der Waals surface area contributed by atoms with Crippen LogP contribution >= 0.6 is 0 Å². The van der Waals surface area contributed by atoms with Gasteiger partial charge in [0, 0.05) is 22.0 Å². The monoisotopic (exact) mass is 309 g/mol. The summed E-state index contributed by atoms with van der Waals surface area (Å²) < 4.78 is 11.3. The van der Waals surface area contributed by atoms with Crippen LogP contribution in [0, 0.1) is 11.8 Å². The van der Waals surface area contributed by atoms with Crippen LogP contribution in [0.2, 0.25) is 0 Å². The van der Waals surface area contributed by atoms with Crippen LogP contribution in [-0.2, 0) is 20.4 Å². The van der Waals surface area contributed by atoms with Crippen LogP contribution in [0.25, 0.3) is 0 Å². The van der Waals surface area contributed by atoms with Crippen LogP contribution in [-0.4, -0.2) is 27.4 Å². The Kier molecular flexibility index (Phi) is 4.77. The summed E-state index contributed by atoms with van der Waals surface area (Å²) in [7, 11) is -1.02. The van der Waals surface area contributed by atoms with Crippen molar-refractivity contribution in [2.24, 2.45) is 11.8 Å². The maximum absolute atomic E-state index is 12.1. The van der Waals surface area contributed by atoms with E-state index in [9.17, 15) is 13.8 Å². The van der Waals surface area contributed by atoms with Gasteiger partial charge >= 0.3 is 5.97 Å². The maximum Gasteiger partial charge on any atom is 0.307 e. The molecule has 2 N–H and O–H groups in total. The molecular formula is C15H19NO4S. The molecule has 0 aromatic heterocycles. The Morgan fingerprint density at radius 1 is 1.24 bits per heavy atom. The van der Waals surface area contributed by atoms with Gasteiger partial charge in [0.05, 0.1) is 17.9 Å². The van der Waals surface area contributed by atoms with Crippen LogP contribution in [0.4, 0.5) is 0 Å². The number of hydrogen-bond donors (Lipinski definition) is 2. The van der Waals surface area contributed by atoms with Crippen molar-refractivity contribution in [2.45, 2.75) is 30.7 Å². The van der Waals surface area contributed by atoms with Gasteiger partial charge in [0.15, 0.2) is 0 Å². The molecule has 1 aromatic carbocycles. The van der Waals surface area contributed by atoms with Crippen LogP contribution < -0.4 is 5.32 Å². The summed E-state index contributed by atoms with van der Waals surface area (Å²) in [5, 5.41) is 11.8. The number of hydrogen-bond acceptors (Lipinski definition) is 3. The van der Waals surface area contributed by atoms with Crippen molar-refractivity contribution in [1.82, 2.24) is 5.32 Å². The normalized spacial score (nSPS) is 23.7. The number of benzene rings is 1. The Morgan fingerprint density at radius 3 is 2.24 bits per heavy atom. The highest BCUT2D eigenvalue weighted by molar-refractivity contribution is 7.84. The van der Waals surface area contributed by atoms with Gasteiger partial charge in [0.2, 0.25) is 5.91 Å². The lowest BCUT2D eigenvalue weighted by Gasteiger charge is -2.33. The molecule has 0 heterocycles. The minimum Gasteiger partial charge on any atom is -0.481 e. The minimum atomic E-state index is -1.02. The van der Waals surface area contributed by atoms with Crippen LogP contribution in [0.5, 0.6) is 0 Å². The quantitative estimate of drug-likeness (QED) is 0.867. The van der Waals surface area contributed by atoms with Gasteiger partial charge in [0.25, 0.3) is 0 Å². The summed E-state index contributed by atoms with van der Waals surface area (Å²) in [6, 6.07) is 7.01. The lowest BCUT2D eigenvalue weighted by molar-refractivity contribution is -0.152. The summed E-state index contributed by atoms with van der Waals surface area (Å²) in [6.07, 6.45) is 2.81. The van der Waals surface area contributed by atoms with Crippen LogP contribution in [0.15, 0.2) is 29.2 Å². The van der Waals surface area contributed by atoms with E-state index in [0.29, 0.717) is 12.8 Å². The average Bonchev–Trinajstić information content (AvgIpc) is 2.36. The molecule has 21 heavy (non-hydrogen) atoms. The maximum atomic E-state index is 12.1. The third-order valence-electron chi connectivity index (χ3n) is 4.00. The zero-order chi connectivity index (χ0) is 15.6. The molecular weight excluding hydrogens is 290 g/mol. The smallest absolute Gasteiger partial charge is 0.307 e. The van der Waals surface area contributed by atoms with Gasteiger partial charge in [-0.1, -0.05) is 12.1 Å². The van der Waals surface area contributed by atoms with Crippen molar-refractivity contribution in [2.75, 3.05) is 6.26 Å². The van der Waals surface area contributed by atoms with Crippen molar-refractivity contribution in [1.29, 1.82) is 0 Å². The number of aliphatic carboxylic acids is 1. The molecule has 4 atom stereocenters. The first-order chi connectivity index (χ1) is 9.90. The van der Waals surface area contributed by atoms with E-state index in [1.54, 1.807) is 18.4 Å². The molecule has 1 aromatic rings. The molecule has 0 saturated heterocycles.